The molecule has 0 amide bonds. The van der Waals surface area contributed by atoms with Crippen LogP contribution in [0.15, 0.2) is 17.8 Å². The minimum atomic E-state index is 0.931. The molecule has 2 heteroatoms. The van der Waals surface area contributed by atoms with Crippen LogP contribution in [0.1, 0.15) is 19.8 Å². The van der Waals surface area contributed by atoms with Gasteiger partial charge >= 0.3 is 0 Å². The molecule has 0 radical (unpaired) electrons. The molecule has 0 bridgehead atoms. The Bertz CT molecular complexity index is 94.7. The van der Waals surface area contributed by atoms with Crippen LogP contribution in [0.5, 0.6) is 0 Å². The lowest BCUT2D eigenvalue weighted by Crippen LogP contribution is -1.94. The van der Waals surface area contributed by atoms with Crippen LogP contribution in [0.4, 0.5) is 0 Å². The minimum Gasteiger partial charge on any atom is -0.323 e. The first-order valence-electron chi connectivity index (χ1n) is 2.65. The number of nitrogens with zero attached hydrogens (tertiary/aromatic N) is 1. The van der Waals surface area contributed by atoms with Gasteiger partial charge in [-0.3, -0.25) is 0 Å². The maximum atomic E-state index is 4.97. The van der Waals surface area contributed by atoms with Crippen LogP contribution in [0.2, 0.25) is 0 Å². The fourth-order valence-corrected chi connectivity index (χ4v) is 0.375. The first kappa shape index (κ1) is 7.21. The van der Waals surface area contributed by atoms with Crippen LogP contribution in [0.3, 0.4) is 0 Å². The normalized spacial score (nSPS) is 11.4. The van der Waals surface area contributed by atoms with E-state index in [4.69, 9.17) is 5.84 Å². The first-order valence-corrected chi connectivity index (χ1v) is 2.65. The average Bonchev–Trinajstić information content (AvgIpc) is 1.83. The van der Waals surface area contributed by atoms with Gasteiger partial charge in [-0.25, -0.2) is 0 Å². The number of rotatable bonds is 3. The standard InChI is InChI=1S/C6H12N2/c1-3-4-5-6(2)8-7/h3H,1,4-5,7H2,2H3/b8-6+. The number of hydrogen-bond acceptors (Lipinski definition) is 2. The maximum Gasteiger partial charge on any atom is 0.0348 e. The van der Waals surface area contributed by atoms with Gasteiger partial charge in [-0.15, -0.1) is 6.58 Å². The van der Waals surface area contributed by atoms with Crippen molar-refractivity contribution in [1.29, 1.82) is 0 Å². The zero-order valence-electron chi connectivity index (χ0n) is 5.22. The van der Waals surface area contributed by atoms with E-state index in [1.807, 2.05) is 13.0 Å². The van der Waals surface area contributed by atoms with Crippen molar-refractivity contribution in [3.63, 3.8) is 0 Å². The lowest BCUT2D eigenvalue weighted by atomic mass is 10.2. The molecule has 0 saturated heterocycles. The molecular weight excluding hydrogens is 100 g/mol. The molecule has 0 aliphatic carbocycles. The predicted octanol–water partition coefficient (Wildman–Crippen LogP) is 1.29. The minimum absolute atomic E-state index is 0.931. The van der Waals surface area contributed by atoms with Gasteiger partial charge in [0.15, 0.2) is 0 Å². The van der Waals surface area contributed by atoms with Gasteiger partial charge in [0, 0.05) is 5.71 Å². The van der Waals surface area contributed by atoms with E-state index in [1.54, 1.807) is 0 Å². The Morgan fingerprint density at radius 3 is 2.88 bits per heavy atom. The summed E-state index contributed by atoms with van der Waals surface area (Å²) < 4.78 is 0. The molecule has 0 fully saturated rings. The third-order valence-electron chi connectivity index (χ3n) is 0.931. The zero-order chi connectivity index (χ0) is 6.41. The van der Waals surface area contributed by atoms with Gasteiger partial charge in [0.05, 0.1) is 0 Å². The van der Waals surface area contributed by atoms with Crippen molar-refractivity contribution in [3.8, 4) is 0 Å². The summed E-state index contributed by atoms with van der Waals surface area (Å²) in [6.07, 6.45) is 3.75. The van der Waals surface area contributed by atoms with E-state index in [2.05, 4.69) is 11.7 Å². The molecule has 0 aromatic rings. The molecule has 0 spiro atoms. The molecule has 0 heterocycles. The Kier molecular flexibility index (Phi) is 3.94. The molecule has 0 saturated carbocycles. The molecule has 0 aromatic carbocycles. The molecule has 0 aliphatic heterocycles. The van der Waals surface area contributed by atoms with Crippen molar-refractivity contribution in [2.24, 2.45) is 10.9 Å². The smallest absolute Gasteiger partial charge is 0.0348 e. The molecule has 0 unspecified atom stereocenters. The summed E-state index contributed by atoms with van der Waals surface area (Å²) in [5, 5.41) is 3.49. The summed E-state index contributed by atoms with van der Waals surface area (Å²) in [5.74, 6) is 4.97. The summed E-state index contributed by atoms with van der Waals surface area (Å²) >= 11 is 0. The molecule has 0 aromatic heterocycles. The van der Waals surface area contributed by atoms with Crippen molar-refractivity contribution in [1.82, 2.24) is 0 Å². The predicted molar refractivity (Wildman–Crippen MR) is 36.7 cm³/mol. The number of hydrazone groups is 1. The lowest BCUT2D eigenvalue weighted by molar-refractivity contribution is 1.06. The highest BCUT2D eigenvalue weighted by atomic mass is 15.1. The molecule has 8 heavy (non-hydrogen) atoms. The quantitative estimate of drug-likeness (QED) is 0.254. The van der Waals surface area contributed by atoms with Crippen molar-refractivity contribution in [2.75, 3.05) is 0 Å². The van der Waals surface area contributed by atoms with E-state index in [0.717, 1.165) is 18.6 Å². The average molecular weight is 112 g/mol. The Hall–Kier alpha value is -0.790. The van der Waals surface area contributed by atoms with E-state index in [-0.39, 0.29) is 0 Å². The molecular formula is C6H12N2. The third-order valence-corrected chi connectivity index (χ3v) is 0.931. The Morgan fingerprint density at radius 2 is 2.50 bits per heavy atom. The van der Waals surface area contributed by atoms with E-state index in [9.17, 15) is 0 Å². The van der Waals surface area contributed by atoms with Gasteiger partial charge in [0.1, 0.15) is 0 Å². The highest BCUT2D eigenvalue weighted by molar-refractivity contribution is 5.81. The van der Waals surface area contributed by atoms with Crippen molar-refractivity contribution >= 4 is 5.71 Å². The maximum absolute atomic E-state index is 4.97. The summed E-state index contributed by atoms with van der Waals surface area (Å²) in [4.78, 5) is 0. The Balaban J connectivity index is 3.24. The van der Waals surface area contributed by atoms with Gasteiger partial charge in [0.25, 0.3) is 0 Å². The van der Waals surface area contributed by atoms with Gasteiger partial charge in [-0.2, -0.15) is 5.10 Å². The number of nitrogens with two attached hydrogens (primary N) is 1. The van der Waals surface area contributed by atoms with Crippen LogP contribution >= 0.6 is 0 Å². The fraction of sp³-hybridized carbons (Fsp3) is 0.500. The molecule has 0 rings (SSSR count). The van der Waals surface area contributed by atoms with Crippen LogP contribution < -0.4 is 5.84 Å². The molecule has 2 N–H and O–H groups in total. The molecule has 0 aliphatic rings. The first-order chi connectivity index (χ1) is 3.81. The summed E-state index contributed by atoms with van der Waals surface area (Å²) in [5.41, 5.74) is 0.977. The summed E-state index contributed by atoms with van der Waals surface area (Å²) in [6.45, 7) is 5.48. The molecule has 46 valence electrons. The zero-order valence-corrected chi connectivity index (χ0v) is 5.22. The van der Waals surface area contributed by atoms with E-state index < -0.39 is 0 Å². The Labute approximate surface area is 50.1 Å². The summed E-state index contributed by atoms with van der Waals surface area (Å²) in [6, 6.07) is 0. The third kappa shape index (κ3) is 3.40. The van der Waals surface area contributed by atoms with Crippen LogP contribution in [-0.4, -0.2) is 5.71 Å². The summed E-state index contributed by atoms with van der Waals surface area (Å²) in [7, 11) is 0. The van der Waals surface area contributed by atoms with Gasteiger partial charge < -0.3 is 5.84 Å². The van der Waals surface area contributed by atoms with Crippen molar-refractivity contribution in [2.45, 2.75) is 19.8 Å². The second-order valence-electron chi connectivity index (χ2n) is 1.69. The second-order valence-corrected chi connectivity index (χ2v) is 1.69. The fourth-order valence-electron chi connectivity index (χ4n) is 0.375. The SMILES string of the molecule is C=CCC/C(C)=N/N. The van der Waals surface area contributed by atoms with Crippen molar-refractivity contribution in [3.05, 3.63) is 12.7 Å². The van der Waals surface area contributed by atoms with Crippen LogP contribution in [0.25, 0.3) is 0 Å². The number of hydrogen-bond donors (Lipinski definition) is 1. The molecule has 0 atom stereocenters. The topological polar surface area (TPSA) is 38.4 Å². The van der Waals surface area contributed by atoms with E-state index in [0.29, 0.717) is 0 Å². The van der Waals surface area contributed by atoms with Crippen LogP contribution in [0, 0.1) is 0 Å². The Morgan fingerprint density at radius 1 is 1.88 bits per heavy atom. The van der Waals surface area contributed by atoms with E-state index in [1.165, 1.54) is 0 Å². The number of allylic oxidation sites excluding steroid dienone is 1. The monoisotopic (exact) mass is 112 g/mol. The van der Waals surface area contributed by atoms with Gasteiger partial charge in [-0.05, 0) is 19.8 Å². The van der Waals surface area contributed by atoms with Crippen molar-refractivity contribution < 1.29 is 0 Å². The largest absolute Gasteiger partial charge is 0.323 e. The highest BCUT2D eigenvalue weighted by Gasteiger charge is 1.84. The van der Waals surface area contributed by atoms with Gasteiger partial charge in [0.2, 0.25) is 0 Å². The van der Waals surface area contributed by atoms with Gasteiger partial charge in [-0.1, -0.05) is 6.08 Å². The second kappa shape index (κ2) is 4.37. The van der Waals surface area contributed by atoms with Crippen LogP contribution in [-0.2, 0) is 0 Å². The lowest BCUT2D eigenvalue weighted by Gasteiger charge is -1.90. The molecule has 2 nitrogen and oxygen atoms in total. The highest BCUT2D eigenvalue weighted by Crippen LogP contribution is 1.90. The van der Waals surface area contributed by atoms with E-state index >= 15 is 0 Å².